The molecular formula is C14H22F2IN3. The van der Waals surface area contributed by atoms with Crippen molar-refractivity contribution in [3.63, 3.8) is 0 Å². The molecule has 0 amide bonds. The Kier molecular flexibility index (Phi) is 10.3. The molecule has 1 aromatic carbocycles. The van der Waals surface area contributed by atoms with E-state index in [1.165, 1.54) is 5.56 Å². The molecule has 0 fully saturated rings. The SMILES string of the molecule is CCNC(=NCc1ccccc1CC)NCC(F)F.I. The van der Waals surface area contributed by atoms with Gasteiger partial charge in [0, 0.05) is 6.54 Å². The van der Waals surface area contributed by atoms with Crippen LogP contribution in [0.5, 0.6) is 0 Å². The van der Waals surface area contributed by atoms with Crippen molar-refractivity contribution in [1.29, 1.82) is 0 Å². The predicted molar refractivity (Wildman–Crippen MR) is 90.1 cm³/mol. The van der Waals surface area contributed by atoms with Gasteiger partial charge in [-0.2, -0.15) is 0 Å². The van der Waals surface area contributed by atoms with Crippen LogP contribution in [0.4, 0.5) is 8.78 Å². The molecule has 0 heterocycles. The predicted octanol–water partition coefficient (Wildman–Crippen LogP) is 3.19. The Labute approximate surface area is 136 Å². The number of halogens is 3. The minimum absolute atomic E-state index is 0. The number of nitrogens with zero attached hydrogens (tertiary/aromatic N) is 1. The molecule has 1 rings (SSSR count). The Bertz CT molecular complexity index is 411. The van der Waals surface area contributed by atoms with E-state index in [-0.39, 0.29) is 30.5 Å². The highest BCUT2D eigenvalue weighted by atomic mass is 127. The highest BCUT2D eigenvalue weighted by Gasteiger charge is 2.04. The van der Waals surface area contributed by atoms with Crippen LogP contribution < -0.4 is 10.6 Å². The van der Waals surface area contributed by atoms with Crippen molar-refractivity contribution >= 4 is 29.9 Å². The Hall–Kier alpha value is -0.920. The lowest BCUT2D eigenvalue weighted by molar-refractivity contribution is 0.152. The first-order valence-corrected chi connectivity index (χ1v) is 6.54. The minimum atomic E-state index is -2.38. The standard InChI is InChI=1S/C14H21F2N3.HI/c1-3-11-7-5-6-8-12(11)9-18-14(17-4-2)19-10-13(15)16;/h5-8,13H,3-4,9-10H2,1-2H3,(H2,17,18,19);1H. The molecule has 0 atom stereocenters. The summed E-state index contributed by atoms with van der Waals surface area (Å²) >= 11 is 0. The number of nitrogens with one attached hydrogen (secondary N) is 2. The number of hydrogen-bond acceptors (Lipinski definition) is 1. The molecule has 6 heteroatoms. The molecule has 0 aliphatic rings. The number of alkyl halides is 2. The fourth-order valence-corrected chi connectivity index (χ4v) is 1.74. The van der Waals surface area contributed by atoms with Crippen LogP contribution in [0, 0.1) is 0 Å². The zero-order chi connectivity index (χ0) is 14.1. The van der Waals surface area contributed by atoms with E-state index < -0.39 is 6.43 Å². The summed E-state index contributed by atoms with van der Waals surface area (Å²) in [6.45, 7) is 4.73. The monoisotopic (exact) mass is 397 g/mol. The molecule has 2 N–H and O–H groups in total. The van der Waals surface area contributed by atoms with Crippen molar-refractivity contribution in [2.24, 2.45) is 4.99 Å². The number of rotatable bonds is 6. The van der Waals surface area contributed by atoms with Gasteiger partial charge in [-0.25, -0.2) is 13.8 Å². The van der Waals surface area contributed by atoms with Gasteiger partial charge in [0.25, 0.3) is 6.43 Å². The van der Waals surface area contributed by atoms with E-state index in [1.54, 1.807) is 0 Å². The second-order valence-electron chi connectivity index (χ2n) is 4.09. The van der Waals surface area contributed by atoms with Gasteiger partial charge in [-0.05, 0) is 24.5 Å². The number of aliphatic imine (C=N–C) groups is 1. The van der Waals surface area contributed by atoms with Crippen LogP contribution in [-0.2, 0) is 13.0 Å². The maximum absolute atomic E-state index is 12.2. The molecule has 0 unspecified atom stereocenters. The van der Waals surface area contributed by atoms with E-state index in [9.17, 15) is 8.78 Å². The first kappa shape index (κ1) is 19.1. The summed E-state index contributed by atoms with van der Waals surface area (Å²) < 4.78 is 24.3. The summed E-state index contributed by atoms with van der Waals surface area (Å²) in [4.78, 5) is 4.33. The quantitative estimate of drug-likeness (QED) is 0.440. The summed E-state index contributed by atoms with van der Waals surface area (Å²) in [6, 6.07) is 8.03. The molecule has 0 spiro atoms. The van der Waals surface area contributed by atoms with E-state index in [4.69, 9.17) is 0 Å². The van der Waals surface area contributed by atoms with E-state index in [1.807, 2.05) is 25.1 Å². The Balaban J connectivity index is 0.00000361. The number of benzene rings is 1. The fraction of sp³-hybridized carbons (Fsp3) is 0.500. The van der Waals surface area contributed by atoms with Crippen LogP contribution in [-0.4, -0.2) is 25.5 Å². The molecule has 0 bridgehead atoms. The summed E-state index contributed by atoms with van der Waals surface area (Å²) in [6.07, 6.45) is -1.45. The van der Waals surface area contributed by atoms with E-state index in [0.29, 0.717) is 19.0 Å². The Morgan fingerprint density at radius 1 is 1.15 bits per heavy atom. The molecule has 0 radical (unpaired) electrons. The number of guanidine groups is 1. The molecule has 3 nitrogen and oxygen atoms in total. The van der Waals surface area contributed by atoms with E-state index in [2.05, 4.69) is 28.6 Å². The molecule has 114 valence electrons. The first-order chi connectivity index (χ1) is 9.17. The fourth-order valence-electron chi connectivity index (χ4n) is 1.74. The Morgan fingerprint density at radius 2 is 1.80 bits per heavy atom. The third kappa shape index (κ3) is 7.02. The van der Waals surface area contributed by atoms with Crippen LogP contribution in [0.25, 0.3) is 0 Å². The summed E-state index contributed by atoms with van der Waals surface area (Å²) in [5.41, 5.74) is 2.36. The molecule has 1 aromatic rings. The second-order valence-corrected chi connectivity index (χ2v) is 4.09. The van der Waals surface area contributed by atoms with Crippen LogP contribution in [0.1, 0.15) is 25.0 Å². The molecular weight excluding hydrogens is 375 g/mol. The van der Waals surface area contributed by atoms with Crippen molar-refractivity contribution in [1.82, 2.24) is 10.6 Å². The van der Waals surface area contributed by atoms with Crippen LogP contribution in [0.2, 0.25) is 0 Å². The largest absolute Gasteiger partial charge is 0.357 e. The van der Waals surface area contributed by atoms with Crippen LogP contribution >= 0.6 is 24.0 Å². The smallest absolute Gasteiger partial charge is 0.255 e. The number of aryl methyl sites for hydroxylation is 1. The van der Waals surface area contributed by atoms with Gasteiger partial charge in [0.05, 0.1) is 13.1 Å². The highest BCUT2D eigenvalue weighted by Crippen LogP contribution is 2.10. The summed E-state index contributed by atoms with van der Waals surface area (Å²) in [5, 5.41) is 5.57. The van der Waals surface area contributed by atoms with E-state index >= 15 is 0 Å². The lowest BCUT2D eigenvalue weighted by Crippen LogP contribution is -2.39. The van der Waals surface area contributed by atoms with Crippen LogP contribution in [0.3, 0.4) is 0 Å². The van der Waals surface area contributed by atoms with Gasteiger partial charge in [-0.1, -0.05) is 31.2 Å². The topological polar surface area (TPSA) is 36.4 Å². The molecule has 0 aliphatic carbocycles. The van der Waals surface area contributed by atoms with Crippen molar-refractivity contribution in [3.8, 4) is 0 Å². The van der Waals surface area contributed by atoms with Gasteiger partial charge in [0.2, 0.25) is 0 Å². The molecule has 0 saturated carbocycles. The average molecular weight is 397 g/mol. The van der Waals surface area contributed by atoms with Crippen molar-refractivity contribution < 1.29 is 8.78 Å². The van der Waals surface area contributed by atoms with Gasteiger partial charge in [-0.3, -0.25) is 0 Å². The Morgan fingerprint density at radius 3 is 2.35 bits per heavy atom. The highest BCUT2D eigenvalue weighted by molar-refractivity contribution is 14.0. The van der Waals surface area contributed by atoms with Crippen molar-refractivity contribution in [2.75, 3.05) is 13.1 Å². The maximum Gasteiger partial charge on any atom is 0.255 e. The average Bonchev–Trinajstić information content (AvgIpc) is 2.42. The molecule has 0 aliphatic heterocycles. The van der Waals surface area contributed by atoms with Gasteiger partial charge in [0.15, 0.2) is 5.96 Å². The lowest BCUT2D eigenvalue weighted by Gasteiger charge is -2.11. The third-order valence-electron chi connectivity index (χ3n) is 2.67. The van der Waals surface area contributed by atoms with Gasteiger partial charge >= 0.3 is 0 Å². The molecule has 20 heavy (non-hydrogen) atoms. The van der Waals surface area contributed by atoms with Crippen molar-refractivity contribution in [2.45, 2.75) is 33.2 Å². The minimum Gasteiger partial charge on any atom is -0.357 e. The van der Waals surface area contributed by atoms with Gasteiger partial charge < -0.3 is 10.6 Å². The maximum atomic E-state index is 12.2. The summed E-state index contributed by atoms with van der Waals surface area (Å²) in [7, 11) is 0. The lowest BCUT2D eigenvalue weighted by atomic mass is 10.1. The summed E-state index contributed by atoms with van der Waals surface area (Å²) in [5.74, 6) is 0.425. The van der Waals surface area contributed by atoms with Crippen LogP contribution in [0.15, 0.2) is 29.3 Å². The second kappa shape index (κ2) is 10.8. The van der Waals surface area contributed by atoms with Gasteiger partial charge in [0.1, 0.15) is 0 Å². The van der Waals surface area contributed by atoms with Crippen molar-refractivity contribution in [3.05, 3.63) is 35.4 Å². The van der Waals surface area contributed by atoms with E-state index in [0.717, 1.165) is 12.0 Å². The van der Waals surface area contributed by atoms with Gasteiger partial charge in [-0.15, -0.1) is 24.0 Å². The first-order valence-electron chi connectivity index (χ1n) is 6.54. The molecule has 0 saturated heterocycles. The zero-order valence-electron chi connectivity index (χ0n) is 11.8. The molecule has 0 aromatic heterocycles. The third-order valence-corrected chi connectivity index (χ3v) is 2.67. The number of hydrogen-bond donors (Lipinski definition) is 2. The zero-order valence-corrected chi connectivity index (χ0v) is 14.2. The normalized spacial score (nSPS) is 11.2.